The van der Waals surface area contributed by atoms with Gasteiger partial charge in [-0.1, -0.05) is 0 Å². The summed E-state index contributed by atoms with van der Waals surface area (Å²) < 4.78 is 10.2. The molecule has 0 bridgehead atoms. The number of carboxylic acid groups (broad SMARTS) is 1. The van der Waals surface area contributed by atoms with E-state index in [1.165, 1.54) is 0 Å². The van der Waals surface area contributed by atoms with E-state index in [-0.39, 0.29) is 12.7 Å². The molecule has 1 aliphatic rings. The lowest BCUT2D eigenvalue weighted by atomic mass is 10.3. The minimum atomic E-state index is -1.03. The summed E-state index contributed by atoms with van der Waals surface area (Å²) >= 11 is 0. The third kappa shape index (κ3) is 2.77. The van der Waals surface area contributed by atoms with E-state index >= 15 is 0 Å². The molecule has 1 rings (SSSR count). The first-order valence-corrected chi connectivity index (χ1v) is 3.88. The number of nitrogens with two attached hydrogens (primary N) is 1. The first-order valence-electron chi connectivity index (χ1n) is 3.88. The average Bonchev–Trinajstić information content (AvgIpc) is 2.51. The number of aliphatic carboxylic acids is 1. The van der Waals surface area contributed by atoms with Gasteiger partial charge in [0.05, 0.1) is 19.3 Å². The lowest BCUT2D eigenvalue weighted by molar-refractivity contribution is -0.140. The van der Waals surface area contributed by atoms with Gasteiger partial charge in [-0.2, -0.15) is 0 Å². The Hall–Kier alpha value is -0.650. The van der Waals surface area contributed by atoms with Crippen molar-refractivity contribution in [3.05, 3.63) is 0 Å². The molecule has 1 fully saturated rings. The summed E-state index contributed by atoms with van der Waals surface area (Å²) in [5, 5.41) is 8.42. The van der Waals surface area contributed by atoms with Crippen LogP contribution in [0.1, 0.15) is 6.42 Å². The highest BCUT2D eigenvalue weighted by atomic mass is 16.5. The number of rotatable bonds is 4. The van der Waals surface area contributed by atoms with Crippen molar-refractivity contribution in [2.45, 2.75) is 18.6 Å². The maximum Gasteiger partial charge on any atom is 0.322 e. The van der Waals surface area contributed by atoms with Crippen LogP contribution >= 0.6 is 0 Å². The molecule has 0 saturated carbocycles. The highest BCUT2D eigenvalue weighted by molar-refractivity contribution is 5.73. The number of hydrogen-bond donors (Lipinski definition) is 2. The molecule has 70 valence electrons. The molecule has 0 spiro atoms. The van der Waals surface area contributed by atoms with Gasteiger partial charge in [0.2, 0.25) is 0 Å². The lowest BCUT2D eigenvalue weighted by Gasteiger charge is -2.11. The van der Waals surface area contributed by atoms with Crippen molar-refractivity contribution >= 4 is 5.97 Å². The van der Waals surface area contributed by atoms with Gasteiger partial charge in [-0.3, -0.25) is 4.79 Å². The summed E-state index contributed by atoms with van der Waals surface area (Å²) in [4.78, 5) is 10.3. The van der Waals surface area contributed by atoms with Gasteiger partial charge >= 0.3 is 5.97 Å². The van der Waals surface area contributed by atoms with Crippen LogP contribution in [-0.2, 0) is 14.3 Å². The van der Waals surface area contributed by atoms with Crippen molar-refractivity contribution in [1.82, 2.24) is 0 Å². The first-order chi connectivity index (χ1) is 5.70. The van der Waals surface area contributed by atoms with Crippen molar-refractivity contribution in [1.29, 1.82) is 0 Å². The standard InChI is InChI=1S/C7H13NO4/c8-6(7(9)10)4-12-5-1-2-11-3-5/h5-6H,1-4,8H2,(H,9,10). The van der Waals surface area contributed by atoms with E-state index < -0.39 is 12.0 Å². The summed E-state index contributed by atoms with van der Waals surface area (Å²) in [5.74, 6) is -1.03. The Morgan fingerprint density at radius 1 is 1.83 bits per heavy atom. The van der Waals surface area contributed by atoms with E-state index in [9.17, 15) is 4.79 Å². The molecule has 2 atom stereocenters. The number of carbonyl (C=O) groups is 1. The van der Waals surface area contributed by atoms with Gasteiger partial charge in [0, 0.05) is 6.61 Å². The fourth-order valence-electron chi connectivity index (χ4n) is 0.955. The van der Waals surface area contributed by atoms with Gasteiger partial charge in [0.1, 0.15) is 6.04 Å². The van der Waals surface area contributed by atoms with E-state index in [1.807, 2.05) is 0 Å². The van der Waals surface area contributed by atoms with Gasteiger partial charge in [-0.15, -0.1) is 0 Å². The molecule has 5 nitrogen and oxygen atoms in total. The number of ether oxygens (including phenoxy) is 2. The van der Waals surface area contributed by atoms with Crippen LogP contribution < -0.4 is 5.73 Å². The zero-order chi connectivity index (χ0) is 8.97. The van der Waals surface area contributed by atoms with Crippen molar-refractivity contribution in [3.8, 4) is 0 Å². The molecule has 1 saturated heterocycles. The van der Waals surface area contributed by atoms with E-state index in [2.05, 4.69) is 0 Å². The van der Waals surface area contributed by atoms with Crippen molar-refractivity contribution in [2.75, 3.05) is 19.8 Å². The molecule has 1 aliphatic heterocycles. The molecule has 0 aromatic carbocycles. The minimum Gasteiger partial charge on any atom is -0.480 e. The predicted octanol–water partition coefficient (Wildman–Crippen LogP) is -0.796. The monoisotopic (exact) mass is 175 g/mol. The number of carboxylic acids is 1. The highest BCUT2D eigenvalue weighted by Crippen LogP contribution is 2.07. The molecule has 0 aliphatic carbocycles. The smallest absolute Gasteiger partial charge is 0.322 e. The van der Waals surface area contributed by atoms with Crippen LogP contribution in [0.2, 0.25) is 0 Å². The predicted molar refractivity (Wildman–Crippen MR) is 40.8 cm³/mol. The summed E-state index contributed by atoms with van der Waals surface area (Å²) in [5.41, 5.74) is 5.23. The van der Waals surface area contributed by atoms with Crippen LogP contribution in [-0.4, -0.2) is 43.0 Å². The Labute approximate surface area is 70.4 Å². The largest absolute Gasteiger partial charge is 0.480 e. The second kappa shape index (κ2) is 4.39. The maximum absolute atomic E-state index is 10.3. The average molecular weight is 175 g/mol. The molecule has 0 aromatic heterocycles. The molecule has 12 heavy (non-hydrogen) atoms. The topological polar surface area (TPSA) is 81.8 Å². The Kier molecular flexibility index (Phi) is 3.46. The highest BCUT2D eigenvalue weighted by Gasteiger charge is 2.19. The normalized spacial score (nSPS) is 25.6. The second-order valence-electron chi connectivity index (χ2n) is 2.76. The van der Waals surface area contributed by atoms with Crippen LogP contribution in [0.25, 0.3) is 0 Å². The quantitative estimate of drug-likeness (QED) is 0.584. The molecule has 2 unspecified atom stereocenters. The Morgan fingerprint density at radius 2 is 2.58 bits per heavy atom. The third-order valence-corrected chi connectivity index (χ3v) is 1.72. The Balaban J connectivity index is 2.11. The first kappa shape index (κ1) is 9.44. The summed E-state index contributed by atoms with van der Waals surface area (Å²) in [7, 11) is 0. The molecule has 0 aromatic rings. The third-order valence-electron chi connectivity index (χ3n) is 1.72. The molecule has 0 radical (unpaired) electrons. The van der Waals surface area contributed by atoms with Gasteiger partial charge < -0.3 is 20.3 Å². The second-order valence-corrected chi connectivity index (χ2v) is 2.76. The van der Waals surface area contributed by atoms with E-state index in [0.717, 1.165) is 6.42 Å². The van der Waals surface area contributed by atoms with Crippen molar-refractivity contribution in [2.24, 2.45) is 5.73 Å². The van der Waals surface area contributed by atoms with Gasteiger partial charge in [-0.05, 0) is 6.42 Å². The molecule has 1 heterocycles. The van der Waals surface area contributed by atoms with E-state index in [4.69, 9.17) is 20.3 Å². The zero-order valence-corrected chi connectivity index (χ0v) is 6.73. The fourth-order valence-corrected chi connectivity index (χ4v) is 0.955. The zero-order valence-electron chi connectivity index (χ0n) is 6.73. The Morgan fingerprint density at radius 3 is 3.08 bits per heavy atom. The molecule has 0 amide bonds. The number of hydrogen-bond acceptors (Lipinski definition) is 4. The van der Waals surface area contributed by atoms with Crippen molar-refractivity contribution < 1.29 is 19.4 Å². The van der Waals surface area contributed by atoms with Crippen LogP contribution in [0.4, 0.5) is 0 Å². The minimum absolute atomic E-state index is 0.0235. The lowest BCUT2D eigenvalue weighted by Crippen LogP contribution is -2.36. The SMILES string of the molecule is NC(COC1CCOC1)C(=O)O. The van der Waals surface area contributed by atoms with Crippen LogP contribution in [0.3, 0.4) is 0 Å². The molecular weight excluding hydrogens is 162 g/mol. The van der Waals surface area contributed by atoms with Gasteiger partial charge in [0.15, 0.2) is 0 Å². The summed E-state index contributed by atoms with van der Waals surface area (Å²) in [6.07, 6.45) is 0.849. The molecule has 5 heteroatoms. The van der Waals surface area contributed by atoms with Crippen LogP contribution in [0.5, 0.6) is 0 Å². The van der Waals surface area contributed by atoms with Gasteiger partial charge in [-0.25, -0.2) is 0 Å². The molecular formula is C7H13NO4. The van der Waals surface area contributed by atoms with E-state index in [1.54, 1.807) is 0 Å². The maximum atomic E-state index is 10.3. The van der Waals surface area contributed by atoms with E-state index in [0.29, 0.717) is 13.2 Å². The van der Waals surface area contributed by atoms with Crippen molar-refractivity contribution in [3.63, 3.8) is 0 Å². The van der Waals surface area contributed by atoms with Crippen LogP contribution in [0.15, 0.2) is 0 Å². The Bertz CT molecular complexity index is 155. The summed E-state index contributed by atoms with van der Waals surface area (Å²) in [6, 6.07) is -0.925. The van der Waals surface area contributed by atoms with Gasteiger partial charge in [0.25, 0.3) is 0 Å². The van der Waals surface area contributed by atoms with Crippen LogP contribution in [0, 0.1) is 0 Å². The fraction of sp³-hybridized carbons (Fsp3) is 0.857. The summed E-state index contributed by atoms with van der Waals surface area (Å²) in [6.45, 7) is 1.29. The molecule has 3 N–H and O–H groups in total.